The fourth-order valence-electron chi connectivity index (χ4n) is 4.09. The van der Waals surface area contributed by atoms with E-state index in [4.69, 9.17) is 11.6 Å². The van der Waals surface area contributed by atoms with Crippen LogP contribution in [0.25, 0.3) is 11.1 Å². The van der Waals surface area contributed by atoms with Gasteiger partial charge in [-0.25, -0.2) is 4.98 Å². The number of piperidine rings is 1. The van der Waals surface area contributed by atoms with Crippen molar-refractivity contribution < 1.29 is 5.11 Å². The third kappa shape index (κ3) is 6.55. The fraction of sp³-hybridized carbons (Fsp3) is 0.370. The number of hydrogen-bond donors (Lipinski definition) is 2. The summed E-state index contributed by atoms with van der Waals surface area (Å²) in [5.41, 5.74) is 4.46. The Kier molecular flexibility index (Phi) is 7.46. The summed E-state index contributed by atoms with van der Waals surface area (Å²) in [5.74, 6) is 0.924. The van der Waals surface area contributed by atoms with Crippen molar-refractivity contribution in [2.45, 2.75) is 44.8 Å². The smallest absolute Gasteiger partial charge is 0.125 e. The predicted molar refractivity (Wildman–Crippen MR) is 133 cm³/mol. The van der Waals surface area contributed by atoms with E-state index in [1.807, 2.05) is 25.3 Å². The first-order chi connectivity index (χ1) is 15.5. The fourth-order valence-corrected chi connectivity index (χ4v) is 4.21. The van der Waals surface area contributed by atoms with Crippen molar-refractivity contribution in [3.8, 4) is 11.1 Å². The van der Waals surface area contributed by atoms with Gasteiger partial charge in [0, 0.05) is 37.4 Å². The molecule has 0 aliphatic carbocycles. The average Bonchev–Trinajstić information content (AvgIpc) is 2.80. The maximum Gasteiger partial charge on any atom is 0.125 e. The second-order valence-corrected chi connectivity index (χ2v) is 9.50. The Morgan fingerprint density at radius 1 is 0.938 bits per heavy atom. The number of nitrogens with one attached hydrogen (secondary N) is 1. The van der Waals surface area contributed by atoms with Crippen LogP contribution >= 0.6 is 11.6 Å². The van der Waals surface area contributed by atoms with Crippen LogP contribution in [0.4, 0.5) is 5.82 Å². The van der Waals surface area contributed by atoms with E-state index in [0.717, 1.165) is 62.7 Å². The molecule has 168 valence electrons. The zero-order valence-corrected chi connectivity index (χ0v) is 19.5. The normalized spacial score (nSPS) is 16.1. The molecule has 0 unspecified atom stereocenters. The van der Waals surface area contributed by atoms with Gasteiger partial charge in [-0.15, -0.1) is 0 Å². The molecule has 0 spiro atoms. The highest BCUT2D eigenvalue weighted by Gasteiger charge is 2.27. The molecule has 0 amide bonds. The molecule has 4 rings (SSSR count). The van der Waals surface area contributed by atoms with E-state index in [-0.39, 0.29) is 0 Å². The number of aromatic nitrogens is 1. The lowest BCUT2D eigenvalue weighted by Gasteiger charge is -2.35. The topological polar surface area (TPSA) is 48.4 Å². The molecule has 1 fully saturated rings. The molecule has 4 nitrogen and oxygen atoms in total. The molecule has 2 N–H and O–H groups in total. The lowest BCUT2D eigenvalue weighted by Crippen LogP contribution is -2.41. The molecule has 1 aromatic heterocycles. The van der Waals surface area contributed by atoms with Crippen LogP contribution in [0.2, 0.25) is 5.02 Å². The second kappa shape index (κ2) is 10.5. The summed E-state index contributed by atoms with van der Waals surface area (Å²) in [4.78, 5) is 6.96. The van der Waals surface area contributed by atoms with E-state index >= 15 is 0 Å². The number of halogens is 1. The minimum atomic E-state index is -0.499. The molecule has 0 bridgehead atoms. The lowest BCUT2D eigenvalue weighted by atomic mass is 9.94. The number of aliphatic hydroxyl groups is 1. The first-order valence-electron chi connectivity index (χ1n) is 11.5. The van der Waals surface area contributed by atoms with Crippen LogP contribution in [-0.4, -0.2) is 40.2 Å². The number of benzene rings is 2. The summed E-state index contributed by atoms with van der Waals surface area (Å²) in [6.45, 7) is 5.60. The van der Waals surface area contributed by atoms with Crippen LogP contribution < -0.4 is 5.32 Å². The van der Waals surface area contributed by atoms with Gasteiger partial charge in [-0.1, -0.05) is 54.1 Å². The van der Waals surface area contributed by atoms with Crippen molar-refractivity contribution in [1.82, 2.24) is 9.88 Å². The molecule has 32 heavy (non-hydrogen) atoms. The summed E-state index contributed by atoms with van der Waals surface area (Å²) >= 11 is 5.98. The third-order valence-electron chi connectivity index (χ3n) is 6.24. The number of nitrogens with zero attached hydrogens (tertiary/aromatic N) is 2. The Bertz CT molecular complexity index is 975. The van der Waals surface area contributed by atoms with Crippen molar-refractivity contribution in [2.75, 3.05) is 25.0 Å². The number of likely N-dealkylation sites (tertiary alicyclic amines) is 1. The standard InChI is InChI=1S/C27H32ClN3O/c1-27(32)14-17-31(18-15-27)20-22-6-13-26(30-19-22)29-16-2-3-21-4-7-23(8-5-21)24-9-11-25(28)12-10-24/h4-13,19,32H,2-3,14-18,20H2,1H3,(H,29,30). The summed E-state index contributed by atoms with van der Waals surface area (Å²) in [7, 11) is 0. The van der Waals surface area contributed by atoms with Gasteiger partial charge in [-0.3, -0.25) is 4.90 Å². The van der Waals surface area contributed by atoms with E-state index in [1.54, 1.807) is 0 Å². The maximum absolute atomic E-state index is 10.1. The van der Waals surface area contributed by atoms with Gasteiger partial charge in [0.15, 0.2) is 0 Å². The first-order valence-corrected chi connectivity index (χ1v) is 11.8. The van der Waals surface area contributed by atoms with Crippen LogP contribution in [0.15, 0.2) is 66.9 Å². The molecule has 0 atom stereocenters. The highest BCUT2D eigenvalue weighted by molar-refractivity contribution is 6.30. The van der Waals surface area contributed by atoms with Crippen LogP contribution in [-0.2, 0) is 13.0 Å². The Hall–Kier alpha value is -2.40. The van der Waals surface area contributed by atoms with Crippen molar-refractivity contribution in [1.29, 1.82) is 0 Å². The summed E-state index contributed by atoms with van der Waals surface area (Å²) in [6, 6.07) is 20.9. The van der Waals surface area contributed by atoms with Crippen LogP contribution in [0.1, 0.15) is 37.3 Å². The molecular formula is C27H32ClN3O. The highest BCUT2D eigenvalue weighted by Crippen LogP contribution is 2.23. The lowest BCUT2D eigenvalue weighted by molar-refractivity contribution is -0.00731. The van der Waals surface area contributed by atoms with Crippen molar-refractivity contribution >= 4 is 17.4 Å². The van der Waals surface area contributed by atoms with Crippen LogP contribution in [0.5, 0.6) is 0 Å². The van der Waals surface area contributed by atoms with Crippen molar-refractivity contribution in [3.05, 3.63) is 83.0 Å². The summed E-state index contributed by atoms with van der Waals surface area (Å²) in [6.07, 6.45) is 5.72. The molecular weight excluding hydrogens is 418 g/mol. The maximum atomic E-state index is 10.1. The Morgan fingerprint density at radius 3 is 2.19 bits per heavy atom. The van der Waals surface area contributed by atoms with Gasteiger partial charge in [-0.05, 0) is 73.1 Å². The van der Waals surface area contributed by atoms with Gasteiger partial charge in [0.25, 0.3) is 0 Å². The summed E-state index contributed by atoms with van der Waals surface area (Å²) in [5, 5.41) is 14.3. The number of rotatable bonds is 8. The molecule has 3 aromatic rings. The number of hydrogen-bond acceptors (Lipinski definition) is 4. The molecule has 0 saturated carbocycles. The zero-order chi connectivity index (χ0) is 22.4. The van der Waals surface area contributed by atoms with Crippen LogP contribution in [0.3, 0.4) is 0 Å². The molecule has 1 aliphatic rings. The third-order valence-corrected chi connectivity index (χ3v) is 6.50. The Balaban J connectivity index is 1.18. The Morgan fingerprint density at radius 2 is 1.56 bits per heavy atom. The second-order valence-electron chi connectivity index (χ2n) is 9.06. The van der Waals surface area contributed by atoms with Gasteiger partial charge in [0.1, 0.15) is 5.82 Å². The number of anilines is 1. The van der Waals surface area contributed by atoms with E-state index in [9.17, 15) is 5.11 Å². The van der Waals surface area contributed by atoms with Crippen molar-refractivity contribution in [3.63, 3.8) is 0 Å². The molecule has 0 radical (unpaired) electrons. The van der Waals surface area contributed by atoms with E-state index < -0.39 is 5.60 Å². The molecule has 1 aliphatic heterocycles. The molecule has 5 heteroatoms. The minimum Gasteiger partial charge on any atom is -0.390 e. The van der Waals surface area contributed by atoms with Gasteiger partial charge in [-0.2, -0.15) is 0 Å². The van der Waals surface area contributed by atoms with Gasteiger partial charge in [0.2, 0.25) is 0 Å². The average molecular weight is 450 g/mol. The van der Waals surface area contributed by atoms with Gasteiger partial charge >= 0.3 is 0 Å². The first kappa shape index (κ1) is 22.8. The largest absolute Gasteiger partial charge is 0.390 e. The van der Waals surface area contributed by atoms with E-state index in [1.165, 1.54) is 22.3 Å². The quantitative estimate of drug-likeness (QED) is 0.427. The molecule has 2 heterocycles. The van der Waals surface area contributed by atoms with Crippen molar-refractivity contribution in [2.24, 2.45) is 0 Å². The molecule has 2 aromatic carbocycles. The number of pyridine rings is 1. The Labute approximate surface area is 196 Å². The predicted octanol–water partition coefficient (Wildman–Crippen LogP) is 5.79. The van der Waals surface area contributed by atoms with E-state index in [2.05, 4.69) is 63.7 Å². The van der Waals surface area contributed by atoms with Crippen LogP contribution in [0, 0.1) is 0 Å². The molecule has 1 saturated heterocycles. The highest BCUT2D eigenvalue weighted by atomic mass is 35.5. The SMILES string of the molecule is CC1(O)CCN(Cc2ccc(NCCCc3ccc(-c4ccc(Cl)cc4)cc3)nc2)CC1. The minimum absolute atomic E-state index is 0.499. The van der Waals surface area contributed by atoms with E-state index in [0.29, 0.717) is 0 Å². The summed E-state index contributed by atoms with van der Waals surface area (Å²) < 4.78 is 0. The monoisotopic (exact) mass is 449 g/mol. The van der Waals surface area contributed by atoms with Gasteiger partial charge < -0.3 is 10.4 Å². The number of aryl methyl sites for hydroxylation is 1. The van der Waals surface area contributed by atoms with Gasteiger partial charge in [0.05, 0.1) is 5.60 Å². The zero-order valence-electron chi connectivity index (χ0n) is 18.7.